The SMILES string of the molecule is Cc1cccccccc(C(=O)C2CCCN(CC3CC3)C2)c1C. The molecule has 1 saturated carbocycles. The predicted molar refractivity (Wildman–Crippen MR) is 99.8 cm³/mol. The summed E-state index contributed by atoms with van der Waals surface area (Å²) in [5, 5.41) is 0. The van der Waals surface area contributed by atoms with Crippen molar-refractivity contribution in [1.29, 1.82) is 0 Å². The van der Waals surface area contributed by atoms with E-state index in [1.807, 2.05) is 36.4 Å². The molecule has 1 aliphatic carbocycles. The maximum atomic E-state index is 13.2. The molecule has 1 aromatic rings. The molecule has 1 atom stereocenters. The first-order chi connectivity index (χ1) is 11.6. The molecule has 2 nitrogen and oxygen atoms in total. The number of piperidine rings is 1. The second-order valence-corrected chi connectivity index (χ2v) is 7.42. The molecule has 0 N–H and O–H groups in total. The monoisotopic (exact) mass is 323 g/mol. The van der Waals surface area contributed by atoms with Gasteiger partial charge in [-0.1, -0.05) is 42.5 Å². The first-order valence-corrected chi connectivity index (χ1v) is 9.31. The number of hydrogen-bond donors (Lipinski definition) is 0. The van der Waals surface area contributed by atoms with Crippen LogP contribution in [0.5, 0.6) is 0 Å². The molecule has 0 radical (unpaired) electrons. The second kappa shape index (κ2) is 7.94. The van der Waals surface area contributed by atoms with Gasteiger partial charge in [-0.2, -0.15) is 0 Å². The van der Waals surface area contributed by atoms with Crippen LogP contribution in [0.25, 0.3) is 0 Å². The van der Waals surface area contributed by atoms with Crippen LogP contribution in [0.3, 0.4) is 0 Å². The molecule has 0 bridgehead atoms. The van der Waals surface area contributed by atoms with Crippen molar-refractivity contribution in [3.8, 4) is 0 Å². The van der Waals surface area contributed by atoms with Crippen molar-refractivity contribution in [2.45, 2.75) is 39.5 Å². The van der Waals surface area contributed by atoms with E-state index in [1.54, 1.807) is 0 Å². The Bertz CT molecular complexity index is 646. The van der Waals surface area contributed by atoms with Gasteiger partial charge in [0.1, 0.15) is 0 Å². The van der Waals surface area contributed by atoms with Crippen LogP contribution in [0.4, 0.5) is 0 Å². The van der Waals surface area contributed by atoms with Gasteiger partial charge in [0, 0.05) is 24.6 Å². The predicted octanol–water partition coefficient (Wildman–Crippen LogP) is 4.73. The van der Waals surface area contributed by atoms with Crippen molar-refractivity contribution < 1.29 is 4.79 Å². The largest absolute Gasteiger partial charge is 0.302 e. The van der Waals surface area contributed by atoms with Crippen LogP contribution in [-0.4, -0.2) is 30.3 Å². The van der Waals surface area contributed by atoms with Gasteiger partial charge < -0.3 is 4.90 Å². The van der Waals surface area contributed by atoms with E-state index in [-0.39, 0.29) is 5.92 Å². The second-order valence-electron chi connectivity index (χ2n) is 7.42. The van der Waals surface area contributed by atoms with Gasteiger partial charge in [-0.3, -0.25) is 4.79 Å². The van der Waals surface area contributed by atoms with Crippen LogP contribution in [0.2, 0.25) is 0 Å². The molecule has 1 unspecified atom stereocenters. The maximum absolute atomic E-state index is 13.2. The number of carbonyl (C=O) groups is 1. The van der Waals surface area contributed by atoms with Crippen molar-refractivity contribution in [2.24, 2.45) is 11.8 Å². The van der Waals surface area contributed by atoms with Crippen molar-refractivity contribution >= 4 is 5.78 Å². The van der Waals surface area contributed by atoms with Crippen molar-refractivity contribution in [3.05, 3.63) is 59.2 Å². The molecule has 2 fully saturated rings. The zero-order valence-corrected chi connectivity index (χ0v) is 15.0. The number of Topliss-reactive ketones (excluding diaryl/α,β-unsaturated/α-hetero) is 1. The number of ketones is 1. The molecule has 0 aromatic heterocycles. The molecule has 0 spiro atoms. The van der Waals surface area contributed by atoms with E-state index in [2.05, 4.69) is 24.8 Å². The highest BCUT2D eigenvalue weighted by Gasteiger charge is 2.30. The van der Waals surface area contributed by atoms with Gasteiger partial charge in [0.05, 0.1) is 0 Å². The number of hydrogen-bond acceptors (Lipinski definition) is 2. The average Bonchev–Trinajstić information content (AvgIpc) is 3.40. The van der Waals surface area contributed by atoms with Crippen molar-refractivity contribution in [1.82, 2.24) is 4.90 Å². The quantitative estimate of drug-likeness (QED) is 0.746. The summed E-state index contributed by atoms with van der Waals surface area (Å²) in [5.41, 5.74) is 3.16. The fourth-order valence-corrected chi connectivity index (χ4v) is 3.59. The molecule has 0 amide bonds. The van der Waals surface area contributed by atoms with Crippen LogP contribution in [-0.2, 0) is 0 Å². The van der Waals surface area contributed by atoms with Crippen LogP contribution in [0.15, 0.2) is 42.5 Å². The number of aryl methyl sites for hydroxylation is 1. The average molecular weight is 323 g/mol. The smallest absolute Gasteiger partial charge is 0.167 e. The van der Waals surface area contributed by atoms with E-state index in [1.165, 1.54) is 31.5 Å². The normalized spacial score (nSPS) is 21.2. The summed E-state index contributed by atoms with van der Waals surface area (Å²) in [6.07, 6.45) is 4.94. The van der Waals surface area contributed by atoms with Gasteiger partial charge in [0.15, 0.2) is 5.78 Å². The lowest BCUT2D eigenvalue weighted by molar-refractivity contribution is 0.0814. The molecule has 1 aliphatic heterocycles. The van der Waals surface area contributed by atoms with E-state index in [0.717, 1.165) is 36.4 Å². The fraction of sp³-hybridized carbons (Fsp3) is 0.500. The molecule has 1 heterocycles. The Labute approximate surface area is 146 Å². The van der Waals surface area contributed by atoms with Gasteiger partial charge in [0.2, 0.25) is 0 Å². The van der Waals surface area contributed by atoms with E-state index < -0.39 is 0 Å². The van der Waals surface area contributed by atoms with E-state index in [9.17, 15) is 4.79 Å². The Kier molecular flexibility index (Phi) is 5.68. The van der Waals surface area contributed by atoms with Crippen LogP contribution < -0.4 is 0 Å². The minimum atomic E-state index is 0.155. The summed E-state index contributed by atoms with van der Waals surface area (Å²) >= 11 is 0. The summed E-state index contributed by atoms with van der Waals surface area (Å²) in [6, 6.07) is 14.1. The lowest BCUT2D eigenvalue weighted by atomic mass is 9.88. The van der Waals surface area contributed by atoms with Crippen LogP contribution in [0, 0.1) is 25.7 Å². The fourth-order valence-electron chi connectivity index (χ4n) is 3.59. The Morgan fingerprint density at radius 2 is 1.75 bits per heavy atom. The third kappa shape index (κ3) is 4.45. The highest BCUT2D eigenvalue weighted by molar-refractivity contribution is 5.99. The third-order valence-electron chi connectivity index (χ3n) is 5.40. The van der Waals surface area contributed by atoms with E-state index in [0.29, 0.717) is 5.78 Å². The molecular formula is C22H29NO. The molecule has 2 aliphatic rings. The minimum Gasteiger partial charge on any atom is -0.302 e. The first-order valence-electron chi connectivity index (χ1n) is 9.31. The number of nitrogens with zero attached hydrogens (tertiary/aromatic N) is 1. The molecule has 2 heteroatoms. The summed E-state index contributed by atoms with van der Waals surface area (Å²) in [7, 11) is 0. The Morgan fingerprint density at radius 1 is 1.04 bits per heavy atom. The van der Waals surface area contributed by atoms with Crippen molar-refractivity contribution in [2.75, 3.05) is 19.6 Å². The van der Waals surface area contributed by atoms with Gasteiger partial charge in [-0.05, 0) is 63.1 Å². The topological polar surface area (TPSA) is 20.3 Å². The highest BCUT2D eigenvalue weighted by atomic mass is 16.1. The minimum absolute atomic E-state index is 0.155. The molecule has 1 saturated heterocycles. The van der Waals surface area contributed by atoms with E-state index >= 15 is 0 Å². The highest BCUT2D eigenvalue weighted by Crippen LogP contribution is 2.31. The van der Waals surface area contributed by atoms with Gasteiger partial charge >= 0.3 is 0 Å². The van der Waals surface area contributed by atoms with Crippen molar-refractivity contribution in [3.63, 3.8) is 0 Å². The summed E-state index contributed by atoms with van der Waals surface area (Å²) < 4.78 is 0. The molecule has 3 rings (SSSR count). The lowest BCUT2D eigenvalue weighted by Gasteiger charge is -2.32. The molecule has 128 valence electrons. The number of likely N-dealkylation sites (tertiary alicyclic amines) is 1. The number of carbonyl (C=O) groups excluding carboxylic acids is 1. The standard InChI is InChI=1S/C22H29NO/c1-17-9-6-4-3-5-7-11-21(18(17)2)22(24)20-10-8-14-23(16-20)15-19-12-13-19/h3-7,9,11,19-20H,8,10,12-16H2,1-2H3. The van der Waals surface area contributed by atoms with Gasteiger partial charge in [-0.15, -0.1) is 0 Å². The Balaban J connectivity index is 1.84. The summed E-state index contributed by atoms with van der Waals surface area (Å²) in [6.45, 7) is 7.48. The van der Waals surface area contributed by atoms with E-state index in [4.69, 9.17) is 0 Å². The summed E-state index contributed by atoms with van der Waals surface area (Å²) in [4.78, 5) is 15.7. The number of rotatable bonds is 4. The zero-order valence-electron chi connectivity index (χ0n) is 15.0. The lowest BCUT2D eigenvalue weighted by Crippen LogP contribution is -2.39. The van der Waals surface area contributed by atoms with Gasteiger partial charge in [-0.25, -0.2) is 0 Å². The van der Waals surface area contributed by atoms with Crippen LogP contribution >= 0.6 is 0 Å². The maximum Gasteiger partial charge on any atom is 0.167 e. The molecule has 1 aromatic carbocycles. The molecular weight excluding hydrogens is 294 g/mol. The zero-order chi connectivity index (χ0) is 16.9. The molecule has 24 heavy (non-hydrogen) atoms. The van der Waals surface area contributed by atoms with Crippen LogP contribution in [0.1, 0.15) is 47.2 Å². The summed E-state index contributed by atoms with van der Waals surface area (Å²) in [5.74, 6) is 1.38. The Morgan fingerprint density at radius 3 is 2.50 bits per heavy atom. The Hall–Kier alpha value is -1.67. The first kappa shape index (κ1) is 17.2. The van der Waals surface area contributed by atoms with Gasteiger partial charge in [0.25, 0.3) is 0 Å². The third-order valence-corrected chi connectivity index (χ3v) is 5.40.